The highest BCUT2D eigenvalue weighted by Gasteiger charge is 2.13. The molecule has 0 amide bonds. The van der Waals surface area contributed by atoms with E-state index in [1.165, 1.54) is 0 Å². The van der Waals surface area contributed by atoms with Crippen molar-refractivity contribution >= 4 is 38.5 Å². The summed E-state index contributed by atoms with van der Waals surface area (Å²) in [6.45, 7) is 8.19. The lowest BCUT2D eigenvalue weighted by atomic mass is 10.1. The lowest BCUT2D eigenvalue weighted by molar-refractivity contribution is 0.482. The van der Waals surface area contributed by atoms with E-state index in [-0.39, 0.29) is 0 Å². The molecule has 0 unspecified atom stereocenters. The van der Waals surface area contributed by atoms with Crippen molar-refractivity contribution in [2.75, 3.05) is 6.54 Å². The van der Waals surface area contributed by atoms with E-state index in [4.69, 9.17) is 16.0 Å². The number of halogens is 2. The van der Waals surface area contributed by atoms with Crippen LogP contribution in [0.15, 0.2) is 21.0 Å². The summed E-state index contributed by atoms with van der Waals surface area (Å²) in [7, 11) is 0. The van der Waals surface area contributed by atoms with Crippen molar-refractivity contribution in [3.05, 3.63) is 33.0 Å². The molecule has 2 nitrogen and oxygen atoms in total. The Morgan fingerprint density at radius 2 is 2.11 bits per heavy atom. The molecule has 98 valence electrons. The van der Waals surface area contributed by atoms with Gasteiger partial charge in [0.1, 0.15) is 11.3 Å². The molecular formula is C14H17BrClNO. The largest absolute Gasteiger partial charge is 0.458 e. The Morgan fingerprint density at radius 1 is 1.39 bits per heavy atom. The van der Waals surface area contributed by atoms with E-state index in [2.05, 4.69) is 42.0 Å². The van der Waals surface area contributed by atoms with Crippen LogP contribution in [0.3, 0.4) is 0 Å². The molecule has 1 aromatic carbocycles. The van der Waals surface area contributed by atoms with Gasteiger partial charge in [-0.15, -0.1) is 0 Å². The molecule has 18 heavy (non-hydrogen) atoms. The average molecular weight is 331 g/mol. The molecule has 0 radical (unpaired) electrons. The summed E-state index contributed by atoms with van der Waals surface area (Å²) in [6, 6.07) is 3.81. The van der Waals surface area contributed by atoms with Crippen molar-refractivity contribution in [1.82, 2.24) is 5.32 Å². The molecule has 0 saturated carbocycles. The molecule has 0 spiro atoms. The topological polar surface area (TPSA) is 25.2 Å². The number of aryl methyl sites for hydroxylation is 1. The Labute approximate surface area is 121 Å². The molecule has 0 aliphatic heterocycles. The van der Waals surface area contributed by atoms with Gasteiger partial charge in [-0.3, -0.25) is 0 Å². The predicted octanol–water partition coefficient (Wildman–Crippen LogP) is 4.90. The molecule has 0 fully saturated rings. The molecule has 0 aliphatic rings. The molecule has 1 heterocycles. The van der Waals surface area contributed by atoms with Crippen LogP contribution in [0.1, 0.15) is 25.2 Å². The van der Waals surface area contributed by atoms with Gasteiger partial charge in [-0.2, -0.15) is 0 Å². The van der Waals surface area contributed by atoms with Crippen molar-refractivity contribution in [1.29, 1.82) is 0 Å². The van der Waals surface area contributed by atoms with Crippen molar-refractivity contribution in [3.63, 3.8) is 0 Å². The standard InChI is InChI=1S/C14H17BrClNO/c1-8(2)6-17-7-13-9(3)11-4-10(16)5-12(15)14(11)18-13/h4-5,8,17H,6-7H2,1-3H3. The van der Waals surface area contributed by atoms with Gasteiger partial charge < -0.3 is 9.73 Å². The van der Waals surface area contributed by atoms with Crippen molar-refractivity contribution < 1.29 is 4.42 Å². The monoisotopic (exact) mass is 329 g/mol. The van der Waals surface area contributed by atoms with E-state index in [1.54, 1.807) is 0 Å². The molecule has 1 aromatic heterocycles. The van der Waals surface area contributed by atoms with Crippen LogP contribution in [0.4, 0.5) is 0 Å². The van der Waals surface area contributed by atoms with Gasteiger partial charge in [0.2, 0.25) is 0 Å². The predicted molar refractivity (Wildman–Crippen MR) is 80.2 cm³/mol. The highest BCUT2D eigenvalue weighted by atomic mass is 79.9. The first-order chi connectivity index (χ1) is 8.49. The fraction of sp³-hybridized carbons (Fsp3) is 0.429. The number of hydrogen-bond acceptors (Lipinski definition) is 2. The van der Waals surface area contributed by atoms with Crippen LogP contribution in [-0.4, -0.2) is 6.54 Å². The quantitative estimate of drug-likeness (QED) is 0.862. The summed E-state index contributed by atoms with van der Waals surface area (Å²) >= 11 is 9.55. The summed E-state index contributed by atoms with van der Waals surface area (Å²) in [5.41, 5.74) is 2.03. The minimum Gasteiger partial charge on any atom is -0.458 e. The van der Waals surface area contributed by atoms with Crippen molar-refractivity contribution in [3.8, 4) is 0 Å². The lowest BCUT2D eigenvalue weighted by Gasteiger charge is -2.05. The van der Waals surface area contributed by atoms with Crippen LogP contribution >= 0.6 is 27.5 Å². The van der Waals surface area contributed by atoms with Gasteiger partial charge in [-0.25, -0.2) is 0 Å². The molecular weight excluding hydrogens is 314 g/mol. The number of rotatable bonds is 4. The fourth-order valence-corrected chi connectivity index (χ4v) is 2.83. The van der Waals surface area contributed by atoms with Gasteiger partial charge in [0, 0.05) is 10.4 Å². The van der Waals surface area contributed by atoms with Gasteiger partial charge in [0.05, 0.1) is 11.0 Å². The molecule has 2 rings (SSSR count). The molecule has 0 saturated heterocycles. The third-order valence-electron chi connectivity index (χ3n) is 2.89. The molecule has 4 heteroatoms. The van der Waals surface area contributed by atoms with E-state index in [0.29, 0.717) is 5.92 Å². The zero-order valence-corrected chi connectivity index (χ0v) is 13.2. The van der Waals surface area contributed by atoms with Crippen LogP contribution < -0.4 is 5.32 Å². The first-order valence-electron chi connectivity index (χ1n) is 6.06. The Kier molecular flexibility index (Phi) is 4.36. The molecule has 1 N–H and O–H groups in total. The van der Waals surface area contributed by atoms with Crippen molar-refractivity contribution in [2.24, 2.45) is 5.92 Å². The Balaban J connectivity index is 2.30. The van der Waals surface area contributed by atoms with E-state index in [1.807, 2.05) is 12.1 Å². The average Bonchev–Trinajstić information content (AvgIpc) is 2.57. The second-order valence-corrected chi connectivity index (χ2v) is 6.23. The number of benzene rings is 1. The Bertz CT molecular complexity index is 562. The Morgan fingerprint density at radius 3 is 2.78 bits per heavy atom. The maximum Gasteiger partial charge on any atom is 0.148 e. The van der Waals surface area contributed by atoms with Crippen LogP contribution in [0.5, 0.6) is 0 Å². The maximum atomic E-state index is 6.06. The van der Waals surface area contributed by atoms with Gasteiger partial charge in [-0.1, -0.05) is 25.4 Å². The highest BCUT2D eigenvalue weighted by Crippen LogP contribution is 2.33. The fourth-order valence-electron chi connectivity index (χ4n) is 1.94. The summed E-state index contributed by atoms with van der Waals surface area (Å²) in [6.07, 6.45) is 0. The highest BCUT2D eigenvalue weighted by molar-refractivity contribution is 9.10. The molecule has 0 aliphatic carbocycles. The minimum atomic E-state index is 0.635. The number of nitrogens with one attached hydrogen (secondary N) is 1. The minimum absolute atomic E-state index is 0.635. The van der Waals surface area contributed by atoms with Crippen LogP contribution in [-0.2, 0) is 6.54 Å². The third-order valence-corrected chi connectivity index (χ3v) is 3.70. The summed E-state index contributed by atoms with van der Waals surface area (Å²) in [5, 5.41) is 5.20. The molecule has 0 bridgehead atoms. The van der Waals surface area contributed by atoms with Crippen LogP contribution in [0, 0.1) is 12.8 Å². The number of hydrogen-bond donors (Lipinski definition) is 1. The van der Waals surface area contributed by atoms with E-state index >= 15 is 0 Å². The zero-order valence-electron chi connectivity index (χ0n) is 10.8. The molecule has 2 aromatic rings. The van der Waals surface area contributed by atoms with Gasteiger partial charge in [-0.05, 0) is 53.0 Å². The first-order valence-corrected chi connectivity index (χ1v) is 7.24. The summed E-state index contributed by atoms with van der Waals surface area (Å²) < 4.78 is 6.80. The summed E-state index contributed by atoms with van der Waals surface area (Å²) in [5.74, 6) is 1.62. The smallest absolute Gasteiger partial charge is 0.148 e. The van der Waals surface area contributed by atoms with Gasteiger partial charge in [0.15, 0.2) is 0 Å². The Hall–Kier alpha value is -0.510. The SMILES string of the molecule is Cc1c(CNCC(C)C)oc2c(Br)cc(Cl)cc12. The third kappa shape index (κ3) is 2.90. The van der Waals surface area contributed by atoms with E-state index in [0.717, 1.165) is 44.9 Å². The van der Waals surface area contributed by atoms with Crippen LogP contribution in [0.2, 0.25) is 5.02 Å². The number of fused-ring (bicyclic) bond motifs is 1. The maximum absolute atomic E-state index is 6.06. The summed E-state index contributed by atoms with van der Waals surface area (Å²) in [4.78, 5) is 0. The van der Waals surface area contributed by atoms with Crippen molar-refractivity contribution in [2.45, 2.75) is 27.3 Å². The van der Waals surface area contributed by atoms with Gasteiger partial charge in [0.25, 0.3) is 0 Å². The van der Waals surface area contributed by atoms with E-state index < -0.39 is 0 Å². The first kappa shape index (κ1) is 13.9. The van der Waals surface area contributed by atoms with E-state index in [9.17, 15) is 0 Å². The van der Waals surface area contributed by atoms with Gasteiger partial charge >= 0.3 is 0 Å². The second kappa shape index (κ2) is 5.64. The second-order valence-electron chi connectivity index (χ2n) is 4.94. The zero-order chi connectivity index (χ0) is 13.3. The lowest BCUT2D eigenvalue weighted by Crippen LogP contribution is -2.18. The normalized spacial score (nSPS) is 11.7. The van der Waals surface area contributed by atoms with Crippen LogP contribution in [0.25, 0.3) is 11.0 Å². The number of furan rings is 1. The molecule has 0 atom stereocenters.